The zero-order valence-electron chi connectivity index (χ0n) is 17.4. The standard InChI is InChI=1S/C23H21N3O6/c1-31-13-5-11-26-21(28)18-9-8-16(14-19(18)22(26)29)23(30)32-15-20(27)25(12-10-24)17-6-3-2-4-7-17/h2-4,6-9,14H,5,11-13,15H2,1H3. The molecule has 1 heterocycles. The molecule has 1 aliphatic heterocycles. The number of amides is 3. The van der Waals surface area contributed by atoms with Gasteiger partial charge in [0.25, 0.3) is 17.7 Å². The lowest BCUT2D eigenvalue weighted by Gasteiger charge is -2.19. The summed E-state index contributed by atoms with van der Waals surface area (Å²) in [4.78, 5) is 52.3. The monoisotopic (exact) mass is 435 g/mol. The van der Waals surface area contributed by atoms with Gasteiger partial charge in [-0.05, 0) is 36.8 Å². The summed E-state index contributed by atoms with van der Waals surface area (Å²) in [6.45, 7) is -0.162. The fourth-order valence-corrected chi connectivity index (χ4v) is 3.28. The predicted molar refractivity (Wildman–Crippen MR) is 113 cm³/mol. The first kappa shape index (κ1) is 22.7. The van der Waals surface area contributed by atoms with Gasteiger partial charge in [-0.15, -0.1) is 0 Å². The number of ether oxygens (including phenoxy) is 2. The average molecular weight is 435 g/mol. The number of esters is 1. The van der Waals surface area contributed by atoms with E-state index in [1.807, 2.05) is 6.07 Å². The Balaban J connectivity index is 1.67. The fourth-order valence-electron chi connectivity index (χ4n) is 3.28. The van der Waals surface area contributed by atoms with Gasteiger partial charge in [-0.1, -0.05) is 18.2 Å². The third-order valence-corrected chi connectivity index (χ3v) is 4.86. The number of hydrogen-bond donors (Lipinski definition) is 0. The zero-order valence-corrected chi connectivity index (χ0v) is 17.4. The highest BCUT2D eigenvalue weighted by molar-refractivity contribution is 6.22. The molecule has 1 aliphatic rings. The van der Waals surface area contributed by atoms with Crippen LogP contribution < -0.4 is 4.90 Å². The van der Waals surface area contributed by atoms with E-state index in [1.165, 1.54) is 30.2 Å². The minimum atomic E-state index is -0.816. The van der Waals surface area contributed by atoms with Gasteiger partial charge in [0, 0.05) is 25.9 Å². The van der Waals surface area contributed by atoms with Crippen LogP contribution in [0.5, 0.6) is 0 Å². The van der Waals surface area contributed by atoms with E-state index < -0.39 is 30.3 Å². The smallest absolute Gasteiger partial charge is 0.338 e. The molecule has 2 aromatic carbocycles. The molecule has 0 atom stereocenters. The number of carbonyl (C=O) groups is 4. The molecule has 0 bridgehead atoms. The first-order valence-corrected chi connectivity index (χ1v) is 9.86. The third kappa shape index (κ3) is 4.82. The van der Waals surface area contributed by atoms with E-state index in [-0.39, 0.29) is 29.8 Å². The number of fused-ring (bicyclic) bond motifs is 1. The van der Waals surface area contributed by atoms with Crippen LogP contribution in [-0.2, 0) is 14.3 Å². The van der Waals surface area contributed by atoms with E-state index in [1.54, 1.807) is 30.3 Å². The molecule has 3 amide bonds. The Hall–Kier alpha value is -4.03. The molecule has 0 spiro atoms. The van der Waals surface area contributed by atoms with Crippen molar-refractivity contribution in [1.29, 1.82) is 5.26 Å². The van der Waals surface area contributed by atoms with Crippen LogP contribution in [0.4, 0.5) is 5.69 Å². The Kier molecular flexibility index (Phi) is 7.31. The van der Waals surface area contributed by atoms with Crippen molar-refractivity contribution in [2.45, 2.75) is 6.42 Å². The van der Waals surface area contributed by atoms with E-state index in [0.717, 1.165) is 4.90 Å². The quantitative estimate of drug-likeness (QED) is 0.256. The van der Waals surface area contributed by atoms with Crippen molar-refractivity contribution in [3.05, 3.63) is 65.2 Å². The van der Waals surface area contributed by atoms with Crippen LogP contribution in [0.3, 0.4) is 0 Å². The van der Waals surface area contributed by atoms with Gasteiger partial charge in [0.1, 0.15) is 6.54 Å². The number of rotatable bonds is 9. The van der Waals surface area contributed by atoms with Crippen molar-refractivity contribution in [3.8, 4) is 6.07 Å². The minimum Gasteiger partial charge on any atom is -0.452 e. The van der Waals surface area contributed by atoms with Crippen molar-refractivity contribution < 1.29 is 28.7 Å². The molecule has 0 aromatic heterocycles. The molecule has 0 radical (unpaired) electrons. The number of nitrogens with zero attached hydrogens (tertiary/aromatic N) is 3. The number of imide groups is 1. The van der Waals surface area contributed by atoms with Crippen LogP contribution in [0.2, 0.25) is 0 Å². The third-order valence-electron chi connectivity index (χ3n) is 4.86. The average Bonchev–Trinajstić information content (AvgIpc) is 3.05. The Morgan fingerprint density at radius 2 is 1.78 bits per heavy atom. The number of methoxy groups -OCH3 is 1. The second-order valence-electron chi connectivity index (χ2n) is 6.92. The molecule has 0 N–H and O–H groups in total. The highest BCUT2D eigenvalue weighted by atomic mass is 16.5. The lowest BCUT2D eigenvalue weighted by Crippen LogP contribution is -2.35. The van der Waals surface area contributed by atoms with Crippen molar-refractivity contribution in [2.75, 3.05) is 38.3 Å². The summed E-state index contributed by atoms with van der Waals surface area (Å²) in [7, 11) is 1.53. The SMILES string of the molecule is COCCCN1C(=O)c2ccc(C(=O)OCC(=O)N(CC#N)c3ccccc3)cc2C1=O. The van der Waals surface area contributed by atoms with E-state index in [2.05, 4.69) is 0 Å². The lowest BCUT2D eigenvalue weighted by atomic mass is 10.1. The number of para-hydroxylation sites is 1. The molecule has 9 heteroatoms. The maximum Gasteiger partial charge on any atom is 0.338 e. The summed E-state index contributed by atoms with van der Waals surface area (Å²) in [6, 6.07) is 14.5. The molecule has 0 aliphatic carbocycles. The second kappa shape index (κ2) is 10.3. The summed E-state index contributed by atoms with van der Waals surface area (Å²) in [5, 5.41) is 9.01. The largest absolute Gasteiger partial charge is 0.452 e. The molecule has 9 nitrogen and oxygen atoms in total. The summed E-state index contributed by atoms with van der Waals surface area (Å²) >= 11 is 0. The summed E-state index contributed by atoms with van der Waals surface area (Å²) in [5.41, 5.74) is 0.876. The van der Waals surface area contributed by atoms with Gasteiger partial charge in [-0.2, -0.15) is 5.26 Å². The molecule has 32 heavy (non-hydrogen) atoms. The topological polar surface area (TPSA) is 117 Å². The maximum absolute atomic E-state index is 12.6. The van der Waals surface area contributed by atoms with Gasteiger partial charge in [0.05, 0.1) is 22.8 Å². The van der Waals surface area contributed by atoms with E-state index >= 15 is 0 Å². The number of benzene rings is 2. The van der Waals surface area contributed by atoms with Gasteiger partial charge in [0.2, 0.25) is 0 Å². The van der Waals surface area contributed by atoms with Gasteiger partial charge >= 0.3 is 5.97 Å². The van der Waals surface area contributed by atoms with Crippen molar-refractivity contribution >= 4 is 29.4 Å². The van der Waals surface area contributed by atoms with Crippen LogP contribution >= 0.6 is 0 Å². The van der Waals surface area contributed by atoms with Gasteiger partial charge in [-0.3, -0.25) is 24.2 Å². The Morgan fingerprint density at radius 1 is 1.06 bits per heavy atom. The molecule has 164 valence electrons. The van der Waals surface area contributed by atoms with E-state index in [0.29, 0.717) is 18.7 Å². The highest BCUT2D eigenvalue weighted by Gasteiger charge is 2.35. The summed E-state index contributed by atoms with van der Waals surface area (Å²) in [5.74, 6) is -2.30. The van der Waals surface area contributed by atoms with Crippen LogP contribution in [-0.4, -0.2) is 62.0 Å². The number of hydrogen-bond acceptors (Lipinski definition) is 7. The van der Waals surface area contributed by atoms with E-state index in [4.69, 9.17) is 14.7 Å². The lowest BCUT2D eigenvalue weighted by molar-refractivity contribution is -0.121. The molecule has 0 unspecified atom stereocenters. The second-order valence-corrected chi connectivity index (χ2v) is 6.92. The van der Waals surface area contributed by atoms with Crippen molar-refractivity contribution in [3.63, 3.8) is 0 Å². The molecule has 0 fully saturated rings. The summed E-state index contributed by atoms with van der Waals surface area (Å²) < 4.78 is 10.0. The first-order chi connectivity index (χ1) is 15.5. The minimum absolute atomic E-state index is 0.0444. The number of carbonyl (C=O) groups excluding carboxylic acids is 4. The molecule has 0 saturated heterocycles. The molecule has 2 aromatic rings. The van der Waals surface area contributed by atoms with Crippen LogP contribution in [0, 0.1) is 11.3 Å². The summed E-state index contributed by atoms with van der Waals surface area (Å²) in [6.07, 6.45) is 0.500. The van der Waals surface area contributed by atoms with Crippen LogP contribution in [0.1, 0.15) is 37.5 Å². The van der Waals surface area contributed by atoms with Crippen molar-refractivity contribution in [1.82, 2.24) is 4.90 Å². The predicted octanol–water partition coefficient (Wildman–Crippen LogP) is 2.03. The van der Waals surface area contributed by atoms with Crippen LogP contribution in [0.15, 0.2) is 48.5 Å². The molecule has 0 saturated carbocycles. The Bertz CT molecular complexity index is 1080. The first-order valence-electron chi connectivity index (χ1n) is 9.86. The van der Waals surface area contributed by atoms with Gasteiger partial charge < -0.3 is 9.47 Å². The highest BCUT2D eigenvalue weighted by Crippen LogP contribution is 2.24. The zero-order chi connectivity index (χ0) is 23.1. The number of anilines is 1. The van der Waals surface area contributed by atoms with Crippen molar-refractivity contribution in [2.24, 2.45) is 0 Å². The fraction of sp³-hybridized carbons (Fsp3) is 0.261. The number of nitriles is 1. The molecular formula is C23H21N3O6. The van der Waals surface area contributed by atoms with E-state index in [9.17, 15) is 19.2 Å². The van der Waals surface area contributed by atoms with Gasteiger partial charge in [-0.25, -0.2) is 4.79 Å². The Labute approximate surface area is 184 Å². The van der Waals surface area contributed by atoms with Gasteiger partial charge in [0.15, 0.2) is 6.61 Å². The molecular weight excluding hydrogens is 414 g/mol. The maximum atomic E-state index is 12.6. The molecule has 3 rings (SSSR count). The van der Waals surface area contributed by atoms with Crippen LogP contribution in [0.25, 0.3) is 0 Å². The normalized spacial score (nSPS) is 12.3. The Morgan fingerprint density at radius 3 is 2.47 bits per heavy atom.